The highest BCUT2D eigenvalue weighted by Crippen LogP contribution is 1.44. The molecule has 50 valence electrons. The molecule has 0 radical (unpaired) electrons. The van der Waals surface area contributed by atoms with Gasteiger partial charge in [-0.3, -0.25) is 9.11 Å². The zero-order valence-corrected chi connectivity index (χ0v) is 4.59. The predicted molar refractivity (Wildman–Crippen MR) is 27.2 cm³/mol. The molecule has 0 saturated carbocycles. The summed E-state index contributed by atoms with van der Waals surface area (Å²) in [5.74, 6) is 0. The van der Waals surface area contributed by atoms with Gasteiger partial charge in [-0.2, -0.15) is 4.21 Å². The topological polar surface area (TPSA) is 127 Å². The molecule has 0 atom stereocenters. The molecule has 6 nitrogen and oxygen atoms in total. The lowest BCUT2D eigenvalue weighted by molar-refractivity contribution is 0.256. The summed E-state index contributed by atoms with van der Waals surface area (Å²) < 4.78 is 22.8. The Labute approximate surface area is 48.0 Å². The smallest absolute Gasteiger partial charge is 0.309 e. The summed E-state index contributed by atoms with van der Waals surface area (Å²) in [4.78, 5) is 9.00. The van der Waals surface area contributed by atoms with Crippen molar-refractivity contribution in [1.29, 1.82) is 0 Å². The van der Waals surface area contributed by atoms with Crippen molar-refractivity contribution < 1.29 is 18.1 Å². The van der Waals surface area contributed by atoms with Crippen LogP contribution in [0.1, 0.15) is 0 Å². The zero-order chi connectivity index (χ0) is 7.15. The van der Waals surface area contributed by atoms with E-state index in [1.807, 2.05) is 0 Å². The number of carbonyl (C=O) groups excluding carboxylic acids is 1. The highest BCUT2D eigenvalue weighted by molar-refractivity contribution is 7.73. The van der Waals surface area contributed by atoms with Crippen LogP contribution >= 0.6 is 0 Å². The lowest BCUT2D eigenvalue weighted by Crippen LogP contribution is -2.18. The van der Waals surface area contributed by atoms with Crippen molar-refractivity contribution in [3.63, 3.8) is 0 Å². The molecule has 6 N–H and O–H groups in total. The molecule has 0 bridgehead atoms. The Morgan fingerprint density at radius 2 is 1.38 bits per heavy atom. The largest absolute Gasteiger partial charge is 0.352 e. The fourth-order valence-electron chi connectivity index (χ4n) is 0. The zero-order valence-electron chi connectivity index (χ0n) is 3.77. The number of carbonyl (C=O) groups is 1. The highest BCUT2D eigenvalue weighted by atomic mass is 32.2. The number of urea groups is 1. The number of primary amides is 2. The fraction of sp³-hybridized carbons (Fsp3) is 0. The molecule has 0 aliphatic heterocycles. The van der Waals surface area contributed by atoms with Gasteiger partial charge in [-0.1, -0.05) is 0 Å². The van der Waals surface area contributed by atoms with Crippen molar-refractivity contribution >= 4 is 17.4 Å². The maximum absolute atomic E-state index is 9.00. The predicted octanol–water partition coefficient (Wildman–Crippen LogP) is -1.30. The van der Waals surface area contributed by atoms with Crippen LogP contribution in [0.3, 0.4) is 0 Å². The van der Waals surface area contributed by atoms with E-state index in [4.69, 9.17) is 18.1 Å². The Morgan fingerprint density at radius 3 is 1.38 bits per heavy atom. The molecule has 0 aromatic heterocycles. The Bertz CT molecular complexity index is 72.0. The van der Waals surface area contributed by atoms with Gasteiger partial charge in [0, 0.05) is 0 Å². The molecular formula is CH6N2O4S. The number of amides is 2. The van der Waals surface area contributed by atoms with E-state index in [9.17, 15) is 0 Å². The van der Waals surface area contributed by atoms with Gasteiger partial charge in [-0.15, -0.1) is 0 Å². The van der Waals surface area contributed by atoms with E-state index >= 15 is 0 Å². The van der Waals surface area contributed by atoms with Crippen molar-refractivity contribution in [2.75, 3.05) is 0 Å². The molecule has 8 heavy (non-hydrogen) atoms. The average molecular weight is 142 g/mol. The van der Waals surface area contributed by atoms with Crippen LogP contribution in [0.5, 0.6) is 0 Å². The minimum atomic E-state index is -2.61. The van der Waals surface area contributed by atoms with Gasteiger partial charge in [-0.25, -0.2) is 4.79 Å². The summed E-state index contributed by atoms with van der Waals surface area (Å²) in [6.07, 6.45) is 0. The molecule has 0 rings (SSSR count). The molecule has 0 heterocycles. The third kappa shape index (κ3) is 231. The first-order valence-corrected chi connectivity index (χ1v) is 2.38. The lowest BCUT2D eigenvalue weighted by atomic mass is 11.2. The van der Waals surface area contributed by atoms with Gasteiger partial charge in [-0.05, 0) is 0 Å². The molecule has 0 spiro atoms. The monoisotopic (exact) mass is 142 g/mol. The average Bonchev–Trinajstić information content (AvgIpc) is 1.25. The molecule has 0 aliphatic rings. The third-order valence-electron chi connectivity index (χ3n) is 0. The molecule has 0 aromatic rings. The van der Waals surface area contributed by atoms with Crippen LogP contribution in [0.25, 0.3) is 0 Å². The molecule has 0 saturated heterocycles. The SMILES string of the molecule is NC(N)=O.O=S(O)O. The van der Waals surface area contributed by atoms with E-state index in [1.54, 1.807) is 0 Å². The van der Waals surface area contributed by atoms with Crippen LogP contribution in [0.4, 0.5) is 4.79 Å². The second-order valence-corrected chi connectivity index (χ2v) is 1.09. The first-order chi connectivity index (χ1) is 3.46. The summed E-state index contributed by atoms with van der Waals surface area (Å²) in [6, 6.07) is -0.833. The Balaban J connectivity index is 0. The molecule has 0 aromatic carbocycles. The Kier molecular flexibility index (Phi) is 8.20. The maximum atomic E-state index is 9.00. The Morgan fingerprint density at radius 1 is 1.38 bits per heavy atom. The second kappa shape index (κ2) is 6.34. The van der Waals surface area contributed by atoms with Gasteiger partial charge >= 0.3 is 6.03 Å². The van der Waals surface area contributed by atoms with Gasteiger partial charge in [0.2, 0.25) is 0 Å². The van der Waals surface area contributed by atoms with E-state index < -0.39 is 17.4 Å². The van der Waals surface area contributed by atoms with E-state index in [2.05, 4.69) is 11.5 Å². The summed E-state index contributed by atoms with van der Waals surface area (Å²) in [7, 11) is 0. The number of hydrogen-bond donors (Lipinski definition) is 4. The van der Waals surface area contributed by atoms with Crippen LogP contribution < -0.4 is 11.5 Å². The third-order valence-corrected chi connectivity index (χ3v) is 0. The molecular weight excluding hydrogens is 136 g/mol. The second-order valence-electron chi connectivity index (χ2n) is 0.633. The highest BCUT2D eigenvalue weighted by Gasteiger charge is 1.62. The molecule has 0 unspecified atom stereocenters. The van der Waals surface area contributed by atoms with Crippen molar-refractivity contribution in [2.24, 2.45) is 11.5 Å². The lowest BCUT2D eigenvalue weighted by Gasteiger charge is -1.62. The van der Waals surface area contributed by atoms with Gasteiger partial charge in [0.25, 0.3) is 11.4 Å². The molecule has 7 heteroatoms. The van der Waals surface area contributed by atoms with E-state index in [0.717, 1.165) is 0 Å². The number of hydrogen-bond acceptors (Lipinski definition) is 2. The number of nitrogens with two attached hydrogens (primary N) is 2. The van der Waals surface area contributed by atoms with Gasteiger partial charge in [0.15, 0.2) is 0 Å². The van der Waals surface area contributed by atoms with Crippen molar-refractivity contribution in [1.82, 2.24) is 0 Å². The van der Waals surface area contributed by atoms with Crippen LogP contribution in [0, 0.1) is 0 Å². The van der Waals surface area contributed by atoms with E-state index in [0.29, 0.717) is 0 Å². The van der Waals surface area contributed by atoms with Crippen LogP contribution in [-0.2, 0) is 11.4 Å². The van der Waals surface area contributed by atoms with E-state index in [1.165, 1.54) is 0 Å². The Hall–Kier alpha value is -0.660. The first kappa shape index (κ1) is 10.3. The summed E-state index contributed by atoms with van der Waals surface area (Å²) >= 11 is -2.61. The standard InChI is InChI=1S/CH4N2O.H2O3S/c2-1(3)4;1-4(2)3/h(H4,2,3,4);(H2,1,2,3). The van der Waals surface area contributed by atoms with Crippen LogP contribution in [0.15, 0.2) is 0 Å². The van der Waals surface area contributed by atoms with Crippen LogP contribution in [-0.4, -0.2) is 19.3 Å². The van der Waals surface area contributed by atoms with Gasteiger partial charge < -0.3 is 11.5 Å². The summed E-state index contributed by atoms with van der Waals surface area (Å²) in [5, 5.41) is 0. The minimum Gasteiger partial charge on any atom is -0.352 e. The van der Waals surface area contributed by atoms with Crippen molar-refractivity contribution in [3.8, 4) is 0 Å². The van der Waals surface area contributed by atoms with Crippen molar-refractivity contribution in [3.05, 3.63) is 0 Å². The quantitative estimate of drug-likeness (QED) is 0.313. The minimum absolute atomic E-state index is 0.833. The molecule has 0 aliphatic carbocycles. The first-order valence-electron chi connectivity index (χ1n) is 1.31. The van der Waals surface area contributed by atoms with Gasteiger partial charge in [0.1, 0.15) is 0 Å². The maximum Gasteiger partial charge on any atom is 0.309 e. The van der Waals surface area contributed by atoms with Crippen LogP contribution in [0.2, 0.25) is 0 Å². The summed E-state index contributed by atoms with van der Waals surface area (Å²) in [6.45, 7) is 0. The number of rotatable bonds is 0. The normalized spacial score (nSPS) is 7.38. The fourth-order valence-corrected chi connectivity index (χ4v) is 0. The van der Waals surface area contributed by atoms with Crippen molar-refractivity contribution in [2.45, 2.75) is 0 Å². The van der Waals surface area contributed by atoms with E-state index in [-0.39, 0.29) is 0 Å². The summed E-state index contributed by atoms with van der Waals surface area (Å²) in [5.41, 5.74) is 8.50. The van der Waals surface area contributed by atoms with Gasteiger partial charge in [0.05, 0.1) is 0 Å². The molecule has 2 amide bonds. The molecule has 0 fully saturated rings.